The van der Waals surface area contributed by atoms with Crippen molar-refractivity contribution in [3.05, 3.63) is 81.9 Å². The molecule has 3 heterocycles. The molecule has 0 spiro atoms. The second kappa shape index (κ2) is 6.47. The second-order valence-electron chi connectivity index (χ2n) is 7.12. The summed E-state index contributed by atoms with van der Waals surface area (Å²) in [5, 5.41) is 5.07. The number of carbonyl (C=O) groups excluding carboxylic acids is 2. The van der Waals surface area contributed by atoms with E-state index in [1.54, 1.807) is 25.1 Å². The van der Waals surface area contributed by atoms with Crippen LogP contribution in [0.15, 0.2) is 48.7 Å². The number of benzene rings is 2. The van der Waals surface area contributed by atoms with Crippen molar-refractivity contribution < 1.29 is 14.0 Å². The summed E-state index contributed by atoms with van der Waals surface area (Å²) in [6.45, 7) is 3.62. The van der Waals surface area contributed by atoms with Crippen molar-refractivity contribution >= 4 is 40.1 Å². The first-order valence-electron chi connectivity index (χ1n) is 9.16. The Balaban J connectivity index is 1.72. The molecule has 0 saturated heterocycles. The van der Waals surface area contributed by atoms with E-state index in [0.717, 1.165) is 10.5 Å². The molecule has 0 atom stereocenters. The Bertz CT molecular complexity index is 1380. The molecule has 0 N–H and O–H groups in total. The molecule has 1 aliphatic heterocycles. The van der Waals surface area contributed by atoms with Crippen LogP contribution in [-0.4, -0.2) is 26.6 Å². The van der Waals surface area contributed by atoms with Crippen molar-refractivity contribution in [1.82, 2.24) is 14.8 Å². The van der Waals surface area contributed by atoms with Crippen LogP contribution in [0.5, 0.6) is 0 Å². The van der Waals surface area contributed by atoms with Gasteiger partial charge in [0.15, 0.2) is 5.65 Å². The molecule has 0 radical (unpaired) electrons. The number of hydrogen-bond acceptors (Lipinski definition) is 4. The number of carbonyl (C=O) groups is 2. The lowest BCUT2D eigenvalue weighted by atomic mass is 10.1. The van der Waals surface area contributed by atoms with Gasteiger partial charge in [-0.1, -0.05) is 29.3 Å². The Kier molecular flexibility index (Phi) is 3.98. The van der Waals surface area contributed by atoms with Gasteiger partial charge in [0.2, 0.25) is 0 Å². The summed E-state index contributed by atoms with van der Waals surface area (Å²) >= 11 is 5.85. The molecule has 2 aromatic carbocycles. The van der Waals surface area contributed by atoms with E-state index in [4.69, 9.17) is 11.6 Å². The van der Waals surface area contributed by atoms with E-state index in [0.29, 0.717) is 22.4 Å². The minimum Gasteiger partial charge on any atom is -0.268 e. The first kappa shape index (κ1) is 18.4. The van der Waals surface area contributed by atoms with Gasteiger partial charge in [0, 0.05) is 11.2 Å². The number of rotatable bonds is 2. The zero-order chi connectivity index (χ0) is 21.2. The molecule has 1 aliphatic rings. The predicted octanol–water partition coefficient (Wildman–Crippen LogP) is 4.63. The highest BCUT2D eigenvalue weighted by molar-refractivity contribution is 6.37. The average Bonchev–Trinajstić information content (AvgIpc) is 3.17. The summed E-state index contributed by atoms with van der Waals surface area (Å²) < 4.78 is 15.8. The minimum atomic E-state index is -0.571. The first-order chi connectivity index (χ1) is 14.4. The molecule has 148 valence electrons. The smallest absolute Gasteiger partial charge is 0.267 e. The fraction of sp³-hybridized carbons (Fsp3) is 0.0909. The number of fused-ring (bicyclic) bond motifs is 3. The number of anilines is 1. The third kappa shape index (κ3) is 2.55. The maximum Gasteiger partial charge on any atom is 0.267 e. The van der Waals surface area contributed by atoms with E-state index >= 15 is 0 Å². The molecule has 0 aliphatic carbocycles. The summed E-state index contributed by atoms with van der Waals surface area (Å²) in [7, 11) is 0. The van der Waals surface area contributed by atoms with Gasteiger partial charge in [-0.3, -0.25) is 9.59 Å². The van der Waals surface area contributed by atoms with Gasteiger partial charge in [0.05, 0.1) is 27.9 Å². The molecule has 0 unspecified atom stereocenters. The average molecular weight is 421 g/mol. The number of imide groups is 1. The predicted molar refractivity (Wildman–Crippen MR) is 111 cm³/mol. The molecular formula is C22H14ClFN4O2. The Labute approximate surface area is 175 Å². The number of pyridine rings is 1. The van der Waals surface area contributed by atoms with Gasteiger partial charge in [-0.15, -0.1) is 0 Å². The van der Waals surface area contributed by atoms with Crippen LogP contribution >= 0.6 is 11.6 Å². The summed E-state index contributed by atoms with van der Waals surface area (Å²) in [6, 6.07) is 11.3. The summed E-state index contributed by atoms with van der Waals surface area (Å²) in [4.78, 5) is 31.7. The third-order valence-electron chi connectivity index (χ3n) is 5.15. The Morgan fingerprint density at radius 3 is 2.43 bits per heavy atom. The van der Waals surface area contributed by atoms with Gasteiger partial charge >= 0.3 is 0 Å². The second-order valence-corrected chi connectivity index (χ2v) is 7.56. The number of aromatic nitrogens is 3. The number of halogens is 2. The molecule has 2 amide bonds. The number of amides is 2. The van der Waals surface area contributed by atoms with Gasteiger partial charge in [-0.2, -0.15) is 5.10 Å². The van der Waals surface area contributed by atoms with E-state index in [9.17, 15) is 14.0 Å². The fourth-order valence-corrected chi connectivity index (χ4v) is 3.87. The molecule has 6 nitrogen and oxygen atoms in total. The highest BCUT2D eigenvalue weighted by atomic mass is 35.5. The molecule has 0 bridgehead atoms. The molecule has 0 fully saturated rings. The molecule has 30 heavy (non-hydrogen) atoms. The lowest BCUT2D eigenvalue weighted by molar-refractivity contribution is 0.0926. The molecular weight excluding hydrogens is 407 g/mol. The molecule has 5 rings (SSSR count). The monoisotopic (exact) mass is 420 g/mol. The first-order valence-corrected chi connectivity index (χ1v) is 9.54. The van der Waals surface area contributed by atoms with Crippen molar-refractivity contribution in [1.29, 1.82) is 0 Å². The van der Waals surface area contributed by atoms with Crippen LogP contribution in [0.4, 0.5) is 10.1 Å². The van der Waals surface area contributed by atoms with E-state index in [2.05, 4.69) is 10.1 Å². The van der Waals surface area contributed by atoms with E-state index in [1.807, 2.05) is 19.1 Å². The molecule has 8 heteroatoms. The largest absolute Gasteiger partial charge is 0.268 e. The summed E-state index contributed by atoms with van der Waals surface area (Å²) in [5.41, 5.74) is 2.83. The van der Waals surface area contributed by atoms with Crippen LogP contribution in [0.1, 0.15) is 32.0 Å². The number of nitrogens with zero attached hydrogens (tertiary/aromatic N) is 4. The van der Waals surface area contributed by atoms with Crippen LogP contribution in [0.3, 0.4) is 0 Å². The van der Waals surface area contributed by atoms with Crippen LogP contribution in [-0.2, 0) is 0 Å². The van der Waals surface area contributed by atoms with E-state index in [-0.39, 0.29) is 21.8 Å². The number of hydrogen-bond donors (Lipinski definition) is 0. The minimum absolute atomic E-state index is 0.150. The van der Waals surface area contributed by atoms with Crippen molar-refractivity contribution in [2.45, 2.75) is 13.8 Å². The topological polar surface area (TPSA) is 68.1 Å². The quantitative estimate of drug-likeness (QED) is 0.443. The number of aryl methyl sites for hydroxylation is 2. The zero-order valence-corrected chi connectivity index (χ0v) is 16.7. The van der Waals surface area contributed by atoms with Gasteiger partial charge in [-0.25, -0.2) is 19.0 Å². The Morgan fingerprint density at radius 2 is 1.73 bits per heavy atom. The lowest BCUT2D eigenvalue weighted by Gasteiger charge is -2.13. The van der Waals surface area contributed by atoms with Crippen LogP contribution in [0.25, 0.3) is 16.7 Å². The van der Waals surface area contributed by atoms with Crippen molar-refractivity contribution in [3.8, 4) is 5.69 Å². The molecule has 2 aromatic heterocycles. The molecule has 0 saturated carbocycles. The van der Waals surface area contributed by atoms with Crippen molar-refractivity contribution in [3.63, 3.8) is 0 Å². The van der Waals surface area contributed by atoms with E-state index < -0.39 is 17.6 Å². The van der Waals surface area contributed by atoms with Gasteiger partial charge in [0.1, 0.15) is 11.5 Å². The van der Waals surface area contributed by atoms with E-state index in [1.165, 1.54) is 23.0 Å². The van der Waals surface area contributed by atoms with Gasteiger partial charge in [-0.05, 0) is 44.2 Å². The maximum absolute atomic E-state index is 14.5. The third-order valence-corrected chi connectivity index (χ3v) is 5.39. The Morgan fingerprint density at radius 1 is 1.00 bits per heavy atom. The molecule has 4 aromatic rings. The van der Waals surface area contributed by atoms with Crippen LogP contribution in [0, 0.1) is 19.7 Å². The Hall–Kier alpha value is -3.58. The summed E-state index contributed by atoms with van der Waals surface area (Å²) in [6.07, 6.45) is 1.34. The highest BCUT2D eigenvalue weighted by Crippen LogP contribution is 2.35. The normalized spacial score (nSPS) is 13.4. The summed E-state index contributed by atoms with van der Waals surface area (Å²) in [5.74, 6) is -1.47. The zero-order valence-electron chi connectivity index (χ0n) is 16.0. The standard InChI is InChI=1S/C22H14ClFN4O2/c1-11-3-6-14(7-4-11)27-21(29)15-10-25-20-18(19(15)22(27)30)12(2)26-28(20)17-8-5-13(23)9-16(17)24/h3-10H,1-2H3. The van der Waals surface area contributed by atoms with Crippen LogP contribution < -0.4 is 4.90 Å². The SMILES string of the molecule is Cc1ccc(N2C(=O)c3cnc4c(c(C)nn4-c4ccc(Cl)cc4F)c3C2=O)cc1. The van der Waals surface area contributed by atoms with Gasteiger partial charge < -0.3 is 0 Å². The fourth-order valence-electron chi connectivity index (χ4n) is 3.71. The lowest BCUT2D eigenvalue weighted by Crippen LogP contribution is -2.29. The highest BCUT2D eigenvalue weighted by Gasteiger charge is 2.40. The van der Waals surface area contributed by atoms with Gasteiger partial charge in [0.25, 0.3) is 11.8 Å². The van der Waals surface area contributed by atoms with Crippen LogP contribution in [0.2, 0.25) is 5.02 Å². The van der Waals surface area contributed by atoms with Crippen molar-refractivity contribution in [2.75, 3.05) is 4.90 Å². The maximum atomic E-state index is 14.5. The van der Waals surface area contributed by atoms with Crippen molar-refractivity contribution in [2.24, 2.45) is 0 Å².